The van der Waals surface area contributed by atoms with Gasteiger partial charge in [0.25, 0.3) is 5.91 Å². The van der Waals surface area contributed by atoms with Crippen LogP contribution in [0.4, 0.5) is 5.69 Å². The Bertz CT molecular complexity index is 558. The van der Waals surface area contributed by atoms with Gasteiger partial charge in [0, 0.05) is 13.1 Å². The van der Waals surface area contributed by atoms with Gasteiger partial charge in [0.1, 0.15) is 21.0 Å². The summed E-state index contributed by atoms with van der Waals surface area (Å²) in [4.78, 5) is 17.9. The summed E-state index contributed by atoms with van der Waals surface area (Å²) in [6, 6.07) is 0.201. The molecule has 1 unspecified atom stereocenters. The topological polar surface area (TPSA) is 44.8 Å². The van der Waals surface area contributed by atoms with Crippen LogP contribution in [0.2, 0.25) is 0 Å². The van der Waals surface area contributed by atoms with Gasteiger partial charge < -0.3 is 19.9 Å². The molecule has 1 saturated heterocycles. The largest absolute Gasteiger partial charge is 0.487 e. The maximum Gasteiger partial charge on any atom is 0.264 e. The van der Waals surface area contributed by atoms with Crippen LogP contribution >= 0.6 is 27.3 Å². The number of hydrogen-bond donors (Lipinski definition) is 1. The summed E-state index contributed by atoms with van der Waals surface area (Å²) in [5.41, 5.74) is 0.983. The third-order valence-electron chi connectivity index (χ3n) is 4.13. The number of carbonyl (C=O) groups excluding carboxylic acids is 1. The van der Waals surface area contributed by atoms with Crippen LogP contribution in [0.5, 0.6) is 5.75 Å². The minimum absolute atomic E-state index is 0.0375. The van der Waals surface area contributed by atoms with Gasteiger partial charge >= 0.3 is 0 Å². The molecule has 4 heterocycles. The molecule has 1 amide bonds. The van der Waals surface area contributed by atoms with E-state index in [-0.39, 0.29) is 11.9 Å². The zero-order chi connectivity index (χ0) is 13.7. The van der Waals surface area contributed by atoms with Gasteiger partial charge in [0.2, 0.25) is 0 Å². The first-order valence-electron chi connectivity index (χ1n) is 6.95. The number of halogens is 1. The molecule has 1 aromatic heterocycles. The van der Waals surface area contributed by atoms with Gasteiger partial charge in [0.05, 0.1) is 12.6 Å². The zero-order valence-corrected chi connectivity index (χ0v) is 13.4. The molecule has 3 aliphatic heterocycles. The highest BCUT2D eigenvalue weighted by Gasteiger charge is 2.35. The van der Waals surface area contributed by atoms with Crippen molar-refractivity contribution in [3.8, 4) is 5.75 Å². The molecule has 1 fully saturated rings. The fourth-order valence-electron chi connectivity index (χ4n) is 3.04. The average Bonchev–Trinajstić information content (AvgIpc) is 2.65. The summed E-state index contributed by atoms with van der Waals surface area (Å²) in [6.07, 6.45) is 1.28. The summed E-state index contributed by atoms with van der Waals surface area (Å²) in [5.74, 6) is 0.881. The van der Waals surface area contributed by atoms with Gasteiger partial charge in [-0.25, -0.2) is 0 Å². The highest BCUT2D eigenvalue weighted by atomic mass is 79.9. The van der Waals surface area contributed by atoms with Crippen molar-refractivity contribution >= 4 is 38.9 Å². The summed E-state index contributed by atoms with van der Waals surface area (Å²) in [5, 5.41) is 3.18. The number of likely N-dealkylation sites (tertiary alicyclic amines) is 1. The van der Waals surface area contributed by atoms with E-state index >= 15 is 0 Å². The van der Waals surface area contributed by atoms with E-state index in [0.717, 1.165) is 52.8 Å². The molecule has 1 N–H and O–H groups in total. The Kier molecular flexibility index (Phi) is 3.16. The van der Waals surface area contributed by atoms with Crippen LogP contribution in [-0.2, 0) is 0 Å². The average molecular weight is 358 g/mol. The number of anilines is 1. The fourth-order valence-corrected chi connectivity index (χ4v) is 4.73. The normalized spacial score (nSPS) is 25.4. The predicted octanol–water partition coefficient (Wildman–Crippen LogP) is 1.53. The SMILES string of the molecule is O=C1NC(CN2CCC2)CN2CCOc3c(Br)sc1c32. The molecule has 0 radical (unpaired) electrons. The van der Waals surface area contributed by atoms with Crippen molar-refractivity contribution in [2.75, 3.05) is 44.2 Å². The Balaban J connectivity index is 1.64. The number of amides is 1. The molecular weight excluding hydrogens is 342 g/mol. The smallest absolute Gasteiger partial charge is 0.264 e. The molecule has 4 rings (SSSR count). The van der Waals surface area contributed by atoms with Gasteiger partial charge in [-0.3, -0.25) is 4.79 Å². The Morgan fingerprint density at radius 1 is 1.40 bits per heavy atom. The standard InChI is InChI=1S/C13H16BrN3O2S/c14-12-10-9-11(20-12)13(18)15-8(6-16-2-1-3-16)7-17(9)4-5-19-10/h8H,1-7H2,(H,15,18). The van der Waals surface area contributed by atoms with Crippen LogP contribution in [-0.4, -0.2) is 56.2 Å². The van der Waals surface area contributed by atoms with Crippen molar-refractivity contribution in [2.45, 2.75) is 12.5 Å². The van der Waals surface area contributed by atoms with Crippen LogP contribution < -0.4 is 15.0 Å². The second-order valence-electron chi connectivity index (χ2n) is 5.50. The third-order valence-corrected chi connectivity index (χ3v) is 5.93. The first-order chi connectivity index (χ1) is 9.72. The first kappa shape index (κ1) is 12.9. The highest BCUT2D eigenvalue weighted by molar-refractivity contribution is 9.11. The van der Waals surface area contributed by atoms with E-state index in [4.69, 9.17) is 4.74 Å². The van der Waals surface area contributed by atoms with Gasteiger partial charge in [0.15, 0.2) is 5.75 Å². The van der Waals surface area contributed by atoms with Crippen LogP contribution in [0.1, 0.15) is 16.1 Å². The number of carbonyl (C=O) groups is 1. The molecule has 0 spiro atoms. The molecular formula is C13H16BrN3O2S. The molecule has 0 bridgehead atoms. The quantitative estimate of drug-likeness (QED) is 0.871. The monoisotopic (exact) mass is 357 g/mol. The zero-order valence-electron chi connectivity index (χ0n) is 11.0. The summed E-state index contributed by atoms with van der Waals surface area (Å²) >= 11 is 4.98. The van der Waals surface area contributed by atoms with E-state index in [1.165, 1.54) is 17.8 Å². The molecule has 0 aliphatic carbocycles. The predicted molar refractivity (Wildman–Crippen MR) is 82.0 cm³/mol. The second-order valence-corrected chi connectivity index (χ2v) is 7.84. The van der Waals surface area contributed by atoms with Crippen molar-refractivity contribution in [2.24, 2.45) is 0 Å². The van der Waals surface area contributed by atoms with Gasteiger partial charge in [-0.15, -0.1) is 11.3 Å². The van der Waals surface area contributed by atoms with Crippen molar-refractivity contribution in [1.82, 2.24) is 10.2 Å². The molecule has 20 heavy (non-hydrogen) atoms. The van der Waals surface area contributed by atoms with Crippen LogP contribution in [0.25, 0.3) is 0 Å². The van der Waals surface area contributed by atoms with Crippen molar-refractivity contribution in [1.29, 1.82) is 0 Å². The molecule has 1 aromatic rings. The molecule has 5 nitrogen and oxygen atoms in total. The minimum Gasteiger partial charge on any atom is -0.487 e. The second kappa shape index (κ2) is 4.89. The lowest BCUT2D eigenvalue weighted by molar-refractivity contribution is 0.0920. The van der Waals surface area contributed by atoms with Crippen LogP contribution in [0.3, 0.4) is 0 Å². The lowest BCUT2D eigenvalue weighted by Gasteiger charge is -2.36. The first-order valence-corrected chi connectivity index (χ1v) is 8.56. The van der Waals surface area contributed by atoms with Crippen LogP contribution in [0.15, 0.2) is 3.79 Å². The number of rotatable bonds is 2. The van der Waals surface area contributed by atoms with E-state index < -0.39 is 0 Å². The van der Waals surface area contributed by atoms with Crippen molar-refractivity contribution in [3.05, 3.63) is 8.66 Å². The molecule has 3 aliphatic rings. The van der Waals surface area contributed by atoms with E-state index in [1.807, 2.05) is 0 Å². The number of ether oxygens (including phenoxy) is 1. The third kappa shape index (κ3) is 2.03. The van der Waals surface area contributed by atoms with E-state index in [9.17, 15) is 4.79 Å². The summed E-state index contributed by atoms with van der Waals surface area (Å²) in [6.45, 7) is 5.69. The minimum atomic E-state index is 0.0375. The maximum atomic E-state index is 12.4. The highest BCUT2D eigenvalue weighted by Crippen LogP contribution is 2.48. The number of hydrogen-bond acceptors (Lipinski definition) is 5. The lowest BCUT2D eigenvalue weighted by Crippen LogP contribution is -2.52. The Morgan fingerprint density at radius 3 is 3.00 bits per heavy atom. The Labute approximate surface area is 130 Å². The Morgan fingerprint density at radius 2 is 2.25 bits per heavy atom. The van der Waals surface area contributed by atoms with Gasteiger partial charge in [-0.05, 0) is 35.4 Å². The van der Waals surface area contributed by atoms with Gasteiger partial charge in [-0.1, -0.05) is 0 Å². The maximum absolute atomic E-state index is 12.4. The lowest BCUT2D eigenvalue weighted by atomic mass is 10.1. The van der Waals surface area contributed by atoms with E-state index in [1.54, 1.807) is 0 Å². The number of thiophene rings is 1. The van der Waals surface area contributed by atoms with Crippen molar-refractivity contribution < 1.29 is 9.53 Å². The van der Waals surface area contributed by atoms with E-state index in [0.29, 0.717) is 6.61 Å². The van der Waals surface area contributed by atoms with Gasteiger partial charge in [-0.2, -0.15) is 0 Å². The van der Waals surface area contributed by atoms with E-state index in [2.05, 4.69) is 31.0 Å². The number of nitrogens with zero attached hydrogens (tertiary/aromatic N) is 2. The molecule has 0 aromatic carbocycles. The fraction of sp³-hybridized carbons (Fsp3) is 0.615. The molecule has 108 valence electrons. The summed E-state index contributed by atoms with van der Waals surface area (Å²) in [7, 11) is 0. The molecule has 7 heteroatoms. The molecule has 0 saturated carbocycles. The van der Waals surface area contributed by atoms with Crippen LogP contribution in [0, 0.1) is 0 Å². The number of nitrogens with one attached hydrogen (secondary N) is 1. The van der Waals surface area contributed by atoms with Crippen molar-refractivity contribution in [3.63, 3.8) is 0 Å². The molecule has 1 atom stereocenters. The Hall–Kier alpha value is -0.790. The summed E-state index contributed by atoms with van der Waals surface area (Å²) < 4.78 is 6.64.